The van der Waals surface area contributed by atoms with Crippen LogP contribution >= 0.6 is 0 Å². The van der Waals surface area contributed by atoms with E-state index in [1.54, 1.807) is 4.52 Å². The van der Waals surface area contributed by atoms with Crippen molar-refractivity contribution >= 4 is 34.4 Å². The molecule has 1 saturated heterocycles. The number of hydrogen-bond donors (Lipinski definition) is 2. The zero-order chi connectivity index (χ0) is 22.2. The molecule has 0 spiro atoms. The molecule has 0 unspecified atom stereocenters. The van der Waals surface area contributed by atoms with Crippen molar-refractivity contribution in [2.24, 2.45) is 0 Å². The molecule has 4 heterocycles. The lowest BCUT2D eigenvalue weighted by atomic mass is 10.1. The summed E-state index contributed by atoms with van der Waals surface area (Å²) >= 11 is 0. The molecule has 0 bridgehead atoms. The molecular formula is C23H21N7O3. The zero-order valence-corrected chi connectivity index (χ0v) is 17.7. The van der Waals surface area contributed by atoms with Crippen LogP contribution in [0.2, 0.25) is 0 Å². The molecule has 2 aliphatic rings. The molecule has 1 amide bonds. The third kappa shape index (κ3) is 3.80. The Kier molecular flexibility index (Phi) is 4.76. The summed E-state index contributed by atoms with van der Waals surface area (Å²) < 4.78 is 12.7. The van der Waals surface area contributed by atoms with Gasteiger partial charge in [0.2, 0.25) is 0 Å². The fourth-order valence-corrected chi connectivity index (χ4v) is 4.00. The summed E-state index contributed by atoms with van der Waals surface area (Å²) in [6.07, 6.45) is 3.32. The maximum Gasteiger partial charge on any atom is 0.262 e. The normalized spacial score (nSPS) is 15.6. The Balaban J connectivity index is 1.31. The van der Waals surface area contributed by atoms with Crippen LogP contribution in [0.5, 0.6) is 5.75 Å². The van der Waals surface area contributed by atoms with Gasteiger partial charge in [0.15, 0.2) is 18.1 Å². The SMILES string of the molecule is O=C1COc2cc(-c3cn4ncnc4c(Nc4ccc(N5CCOCC5)cc4)n3)ccc2N1. The number of anilines is 4. The van der Waals surface area contributed by atoms with E-state index in [1.807, 2.05) is 36.5 Å². The fourth-order valence-electron chi connectivity index (χ4n) is 4.00. The average Bonchev–Trinajstić information content (AvgIpc) is 3.34. The van der Waals surface area contributed by atoms with Crippen molar-refractivity contribution in [1.29, 1.82) is 0 Å². The van der Waals surface area contributed by atoms with Gasteiger partial charge in [-0.15, -0.1) is 0 Å². The molecule has 33 heavy (non-hydrogen) atoms. The molecule has 0 atom stereocenters. The minimum absolute atomic E-state index is 0.000747. The lowest BCUT2D eigenvalue weighted by Crippen LogP contribution is -2.36. The predicted octanol–water partition coefficient (Wildman–Crippen LogP) is 2.70. The van der Waals surface area contributed by atoms with E-state index in [1.165, 1.54) is 12.0 Å². The first-order chi connectivity index (χ1) is 16.2. The first-order valence-corrected chi connectivity index (χ1v) is 10.7. The van der Waals surface area contributed by atoms with Gasteiger partial charge < -0.3 is 25.0 Å². The van der Waals surface area contributed by atoms with E-state index in [4.69, 9.17) is 14.5 Å². The molecule has 6 rings (SSSR count). The second-order valence-corrected chi connectivity index (χ2v) is 7.82. The summed E-state index contributed by atoms with van der Waals surface area (Å²) in [5.74, 6) is 1.04. The highest BCUT2D eigenvalue weighted by Crippen LogP contribution is 2.33. The van der Waals surface area contributed by atoms with Crippen LogP contribution in [0.4, 0.5) is 22.9 Å². The number of aromatic nitrogens is 4. The van der Waals surface area contributed by atoms with Crippen molar-refractivity contribution in [1.82, 2.24) is 19.6 Å². The highest BCUT2D eigenvalue weighted by Gasteiger charge is 2.18. The third-order valence-corrected chi connectivity index (χ3v) is 5.68. The van der Waals surface area contributed by atoms with Crippen LogP contribution in [0.15, 0.2) is 55.0 Å². The quantitative estimate of drug-likeness (QED) is 0.496. The standard InChI is InChI=1S/C23H21N7O3/c31-21-13-33-20-11-15(1-6-18(20)27-21)19-12-30-23(24-14-25-30)22(28-19)26-16-2-4-17(5-3-16)29-7-9-32-10-8-29/h1-6,11-12,14H,7-10,13H2,(H,26,28)(H,27,31). The van der Waals surface area contributed by atoms with Crippen molar-refractivity contribution in [3.05, 3.63) is 55.0 Å². The Labute approximate surface area is 189 Å². The number of amides is 1. The summed E-state index contributed by atoms with van der Waals surface area (Å²) in [4.78, 5) is 23.0. The summed E-state index contributed by atoms with van der Waals surface area (Å²) in [6.45, 7) is 3.29. The number of rotatable bonds is 4. The highest BCUT2D eigenvalue weighted by molar-refractivity contribution is 5.95. The van der Waals surface area contributed by atoms with Gasteiger partial charge in [-0.1, -0.05) is 6.07 Å². The van der Waals surface area contributed by atoms with E-state index < -0.39 is 0 Å². The van der Waals surface area contributed by atoms with Gasteiger partial charge in [0.05, 0.1) is 30.8 Å². The highest BCUT2D eigenvalue weighted by atomic mass is 16.5. The van der Waals surface area contributed by atoms with E-state index in [2.05, 4.69) is 37.7 Å². The summed E-state index contributed by atoms with van der Waals surface area (Å²) in [7, 11) is 0. The van der Waals surface area contributed by atoms with Crippen LogP contribution in [0.25, 0.3) is 16.9 Å². The van der Waals surface area contributed by atoms with Crippen LogP contribution in [-0.2, 0) is 9.53 Å². The van der Waals surface area contributed by atoms with Crippen LogP contribution in [0.3, 0.4) is 0 Å². The van der Waals surface area contributed by atoms with Crippen LogP contribution < -0.4 is 20.3 Å². The Morgan fingerprint density at radius 1 is 1.06 bits per heavy atom. The maximum absolute atomic E-state index is 11.5. The molecule has 166 valence electrons. The van der Waals surface area contributed by atoms with Crippen LogP contribution in [0, 0.1) is 0 Å². The number of morpholine rings is 1. The maximum atomic E-state index is 11.5. The van der Waals surface area contributed by atoms with Gasteiger partial charge in [-0.3, -0.25) is 4.79 Å². The molecule has 2 aromatic heterocycles. The molecule has 0 saturated carbocycles. The van der Waals surface area contributed by atoms with Crippen LogP contribution in [0.1, 0.15) is 0 Å². The van der Waals surface area contributed by atoms with Gasteiger partial charge in [0.1, 0.15) is 12.1 Å². The van der Waals surface area contributed by atoms with E-state index in [9.17, 15) is 4.79 Å². The summed E-state index contributed by atoms with van der Waals surface area (Å²) in [5.41, 5.74) is 4.88. The number of ether oxygens (including phenoxy) is 2. The lowest BCUT2D eigenvalue weighted by molar-refractivity contribution is -0.118. The number of hydrogen-bond acceptors (Lipinski definition) is 8. The molecule has 2 aliphatic heterocycles. The lowest BCUT2D eigenvalue weighted by Gasteiger charge is -2.28. The van der Waals surface area contributed by atoms with Crippen molar-refractivity contribution in [3.8, 4) is 17.0 Å². The second-order valence-electron chi connectivity index (χ2n) is 7.82. The second kappa shape index (κ2) is 8.06. The summed E-state index contributed by atoms with van der Waals surface area (Å²) in [6, 6.07) is 13.8. The number of carbonyl (C=O) groups excluding carboxylic acids is 1. The predicted molar refractivity (Wildman–Crippen MR) is 123 cm³/mol. The molecule has 2 N–H and O–H groups in total. The monoisotopic (exact) mass is 443 g/mol. The van der Waals surface area contributed by atoms with Gasteiger partial charge in [0, 0.05) is 30.0 Å². The molecular weight excluding hydrogens is 422 g/mol. The summed E-state index contributed by atoms with van der Waals surface area (Å²) in [5, 5.41) is 10.5. The van der Waals surface area contributed by atoms with Gasteiger partial charge in [-0.2, -0.15) is 5.10 Å². The fraction of sp³-hybridized carbons (Fsp3) is 0.217. The number of nitrogens with zero attached hydrogens (tertiary/aromatic N) is 5. The Hall–Kier alpha value is -4.18. The minimum Gasteiger partial charge on any atom is -0.482 e. The van der Waals surface area contributed by atoms with Gasteiger partial charge in [0.25, 0.3) is 5.91 Å². The molecule has 1 fully saturated rings. The molecule has 0 radical (unpaired) electrons. The number of benzene rings is 2. The largest absolute Gasteiger partial charge is 0.482 e. The number of fused-ring (bicyclic) bond motifs is 2. The molecule has 10 heteroatoms. The first kappa shape index (κ1) is 19.5. The molecule has 4 aromatic rings. The van der Waals surface area contributed by atoms with Gasteiger partial charge in [-0.05, 0) is 36.4 Å². The smallest absolute Gasteiger partial charge is 0.262 e. The van der Waals surface area contributed by atoms with Gasteiger partial charge >= 0.3 is 0 Å². The van der Waals surface area contributed by atoms with Crippen molar-refractivity contribution < 1.29 is 14.3 Å². The van der Waals surface area contributed by atoms with E-state index >= 15 is 0 Å². The third-order valence-electron chi connectivity index (χ3n) is 5.68. The first-order valence-electron chi connectivity index (χ1n) is 10.7. The Morgan fingerprint density at radius 2 is 1.91 bits per heavy atom. The number of nitrogens with one attached hydrogen (secondary N) is 2. The van der Waals surface area contributed by atoms with Crippen molar-refractivity contribution in [2.75, 3.05) is 48.4 Å². The van der Waals surface area contributed by atoms with Crippen molar-refractivity contribution in [3.63, 3.8) is 0 Å². The Bertz CT molecular complexity index is 1330. The minimum atomic E-state index is -0.163. The van der Waals surface area contributed by atoms with Gasteiger partial charge in [-0.25, -0.2) is 14.5 Å². The molecule has 2 aromatic carbocycles. The topological polar surface area (TPSA) is 106 Å². The van der Waals surface area contributed by atoms with E-state index in [0.717, 1.165) is 37.6 Å². The molecule has 0 aliphatic carbocycles. The van der Waals surface area contributed by atoms with Crippen LogP contribution in [-0.4, -0.2) is 58.4 Å². The number of carbonyl (C=O) groups is 1. The van der Waals surface area contributed by atoms with E-state index in [-0.39, 0.29) is 12.5 Å². The average molecular weight is 443 g/mol. The van der Waals surface area contributed by atoms with E-state index in [0.29, 0.717) is 28.6 Å². The Morgan fingerprint density at radius 3 is 2.76 bits per heavy atom. The van der Waals surface area contributed by atoms with Crippen molar-refractivity contribution in [2.45, 2.75) is 0 Å². The molecule has 10 nitrogen and oxygen atoms in total. The zero-order valence-electron chi connectivity index (χ0n) is 17.7.